The van der Waals surface area contributed by atoms with Crippen LogP contribution in [-0.4, -0.2) is 59.8 Å². The summed E-state index contributed by atoms with van der Waals surface area (Å²) in [5.41, 5.74) is -15.8. The molecule has 0 unspecified atom stereocenters. The highest BCUT2D eigenvalue weighted by molar-refractivity contribution is 5.83. The minimum Gasteiger partial charge on any atom is -0.240 e. The largest absolute Gasteiger partial charge is 0.438 e. The van der Waals surface area contributed by atoms with E-state index >= 15 is 0 Å². The molecule has 0 fully saturated rings. The zero-order valence-corrected chi connectivity index (χ0v) is 13.4. The molecule has 0 aromatic heterocycles. The monoisotopic (exact) mass is 526 g/mol. The Kier molecular flexibility index (Phi) is 7.07. The molecule has 0 saturated carbocycles. The molecule has 4 nitrogen and oxygen atoms in total. The first kappa shape index (κ1) is 29.7. The second-order valence-electron chi connectivity index (χ2n) is 5.20. The predicted molar refractivity (Wildman–Crippen MR) is 54.0 cm³/mol. The van der Waals surface area contributed by atoms with Gasteiger partial charge < -0.3 is 0 Å². The van der Waals surface area contributed by atoms with E-state index in [1.54, 1.807) is 0 Å². The Bertz CT molecular complexity index is 634. The molecule has 0 bridgehead atoms. The van der Waals surface area contributed by atoms with Gasteiger partial charge >= 0.3 is 59.8 Å². The van der Waals surface area contributed by atoms with Crippen LogP contribution >= 0.6 is 0 Å². The number of carbonyl (C=O) groups excluding carboxylic acids is 2. The normalized spacial score (nSPS) is 15.4. The Morgan fingerprint density at radius 1 is 0.375 bits per heavy atom. The van der Waals surface area contributed by atoms with Crippen molar-refractivity contribution in [3.8, 4) is 0 Å². The van der Waals surface area contributed by atoms with Crippen LogP contribution in [0.3, 0.4) is 0 Å². The van der Waals surface area contributed by atoms with Crippen molar-refractivity contribution >= 4 is 11.9 Å². The van der Waals surface area contributed by atoms with Crippen LogP contribution in [0.5, 0.6) is 0 Å². The third-order valence-electron chi connectivity index (χ3n) is 3.13. The number of hydrogen-bond donors (Lipinski definition) is 0. The Hall–Kier alpha value is -2.32. The second kappa shape index (κ2) is 7.63. The van der Waals surface area contributed by atoms with E-state index in [9.17, 15) is 88.6 Å². The van der Waals surface area contributed by atoms with E-state index in [1.165, 1.54) is 0 Å². The van der Waals surface area contributed by atoms with E-state index in [-0.39, 0.29) is 0 Å². The topological polar surface area (TPSA) is 52.6 Å². The summed E-state index contributed by atoms with van der Waals surface area (Å²) >= 11 is 0. The maximum Gasteiger partial charge on any atom is 0.438 e. The fourth-order valence-corrected chi connectivity index (χ4v) is 1.50. The van der Waals surface area contributed by atoms with E-state index in [0.29, 0.717) is 0 Å². The third-order valence-corrected chi connectivity index (χ3v) is 3.13. The van der Waals surface area contributed by atoms with Crippen molar-refractivity contribution in [2.45, 2.75) is 47.9 Å². The molecule has 0 amide bonds. The number of carbonyl (C=O) groups is 2. The molecule has 32 heavy (non-hydrogen) atoms. The highest BCUT2D eigenvalue weighted by Gasteiger charge is 2.89. The molecule has 0 saturated heterocycles. The summed E-state index contributed by atoms with van der Waals surface area (Å²) < 4.78 is 225. The maximum atomic E-state index is 13.1. The first-order valence-corrected chi connectivity index (χ1v) is 6.38. The molecular weight excluding hydrogens is 526 g/mol. The average Bonchev–Trinajstić information content (AvgIpc) is 2.52. The Labute approximate surface area is 159 Å². The fourth-order valence-electron chi connectivity index (χ4n) is 1.50. The maximum absolute atomic E-state index is 13.1. The molecule has 0 heterocycles. The minimum atomic E-state index is -7.90. The summed E-state index contributed by atoms with van der Waals surface area (Å²) in [5, 5.41) is 0. The molecule has 0 radical (unpaired) electrons. The Morgan fingerprint density at radius 2 is 0.531 bits per heavy atom. The van der Waals surface area contributed by atoms with Gasteiger partial charge in [0.15, 0.2) is 0 Å². The lowest BCUT2D eigenvalue weighted by atomic mass is 9.96. The zero-order valence-electron chi connectivity index (χ0n) is 13.4. The molecule has 0 aliphatic heterocycles. The SMILES string of the molecule is O=C(OOC(=O)C(F)(F)C(F)(C(F)(F)F)C(F)(F)F)C(F)(F)C(F)(C(F)(F)F)C(F)(F)F. The van der Waals surface area contributed by atoms with E-state index in [4.69, 9.17) is 0 Å². The molecule has 0 rings (SSSR count). The first-order chi connectivity index (χ1) is 13.5. The van der Waals surface area contributed by atoms with Crippen molar-refractivity contribution in [3.05, 3.63) is 0 Å². The van der Waals surface area contributed by atoms with Gasteiger partial charge in [-0.05, 0) is 0 Å². The molecule has 0 aromatic carbocycles. The molecule has 0 spiro atoms. The summed E-state index contributed by atoms with van der Waals surface area (Å²) in [6.07, 6.45) is -31.0. The lowest BCUT2D eigenvalue weighted by Gasteiger charge is -2.35. The van der Waals surface area contributed by atoms with Gasteiger partial charge in [0.25, 0.3) is 0 Å². The van der Waals surface area contributed by atoms with Gasteiger partial charge in [-0.1, -0.05) is 0 Å². The Balaban J connectivity index is 6.10. The van der Waals surface area contributed by atoms with Gasteiger partial charge in [0.05, 0.1) is 0 Å². The number of rotatable bonds is 4. The van der Waals surface area contributed by atoms with Gasteiger partial charge in [-0.25, -0.2) is 28.1 Å². The molecule has 190 valence electrons. The van der Waals surface area contributed by atoms with Crippen molar-refractivity contribution in [1.29, 1.82) is 0 Å². The van der Waals surface area contributed by atoms with Crippen LogP contribution in [-0.2, 0) is 19.4 Å². The van der Waals surface area contributed by atoms with Gasteiger partial charge in [-0.15, -0.1) is 0 Å². The summed E-state index contributed by atoms with van der Waals surface area (Å²) in [6.45, 7) is 0. The summed E-state index contributed by atoms with van der Waals surface area (Å²) in [5.74, 6) is -24.6. The van der Waals surface area contributed by atoms with Crippen molar-refractivity contribution in [3.63, 3.8) is 0 Å². The predicted octanol–water partition coefficient (Wildman–Crippen LogP) is 4.92. The van der Waals surface area contributed by atoms with Gasteiger partial charge in [0, 0.05) is 0 Å². The van der Waals surface area contributed by atoms with Crippen molar-refractivity contribution in [2.24, 2.45) is 0 Å². The molecule has 0 aliphatic carbocycles. The standard InChI is InChI=1S/C10F18O4/c11-3(12,5(15,7(17,18)19)8(20,21)22)1(29)31-32-2(30)4(13,14)6(16,9(23,24)25)10(26,27)28. The summed E-state index contributed by atoms with van der Waals surface area (Å²) in [4.78, 5) is 25.1. The highest BCUT2D eigenvalue weighted by Crippen LogP contribution is 2.56. The van der Waals surface area contributed by atoms with Crippen molar-refractivity contribution in [2.75, 3.05) is 0 Å². The minimum absolute atomic E-state index is 1.95. The smallest absolute Gasteiger partial charge is 0.240 e. The quantitative estimate of drug-likeness (QED) is 0.297. The number of hydrogen-bond acceptors (Lipinski definition) is 4. The van der Waals surface area contributed by atoms with Crippen LogP contribution < -0.4 is 0 Å². The van der Waals surface area contributed by atoms with Crippen LogP contribution in [0.25, 0.3) is 0 Å². The molecule has 0 atom stereocenters. The first-order valence-electron chi connectivity index (χ1n) is 6.38. The van der Waals surface area contributed by atoms with Gasteiger partial charge in [-0.2, -0.15) is 70.2 Å². The van der Waals surface area contributed by atoms with E-state index in [2.05, 4.69) is 0 Å². The lowest BCUT2D eigenvalue weighted by Crippen LogP contribution is -2.68. The molecule has 0 aromatic rings. The fraction of sp³-hybridized carbons (Fsp3) is 0.800. The van der Waals surface area contributed by atoms with Crippen LogP contribution in [0.4, 0.5) is 79.0 Å². The van der Waals surface area contributed by atoms with Gasteiger partial charge in [-0.3, -0.25) is 0 Å². The van der Waals surface area contributed by atoms with Gasteiger partial charge in [0.2, 0.25) is 0 Å². The molecular formula is C10F18O4. The third kappa shape index (κ3) is 4.18. The molecule has 0 aliphatic rings. The summed E-state index contributed by atoms with van der Waals surface area (Å²) in [6, 6.07) is 0. The van der Waals surface area contributed by atoms with E-state index < -0.39 is 59.8 Å². The van der Waals surface area contributed by atoms with Crippen LogP contribution in [0.1, 0.15) is 0 Å². The van der Waals surface area contributed by atoms with Crippen LogP contribution in [0, 0.1) is 0 Å². The van der Waals surface area contributed by atoms with Crippen LogP contribution in [0.15, 0.2) is 0 Å². The molecule has 0 N–H and O–H groups in total. The van der Waals surface area contributed by atoms with Gasteiger partial charge in [0.1, 0.15) is 0 Å². The Morgan fingerprint density at radius 3 is 0.656 bits per heavy atom. The van der Waals surface area contributed by atoms with Crippen molar-refractivity contribution in [1.82, 2.24) is 0 Å². The highest BCUT2D eigenvalue weighted by atomic mass is 19.4. The number of halogens is 18. The average molecular weight is 526 g/mol. The zero-order chi connectivity index (χ0) is 26.6. The lowest BCUT2D eigenvalue weighted by molar-refractivity contribution is -0.404. The summed E-state index contributed by atoms with van der Waals surface area (Å²) in [7, 11) is 0. The van der Waals surface area contributed by atoms with Crippen molar-refractivity contribution < 1.29 is 98.4 Å². The van der Waals surface area contributed by atoms with E-state index in [0.717, 1.165) is 0 Å². The molecule has 22 heteroatoms. The van der Waals surface area contributed by atoms with E-state index in [1.807, 2.05) is 9.78 Å². The second-order valence-corrected chi connectivity index (χ2v) is 5.20. The number of alkyl halides is 18. The van der Waals surface area contributed by atoms with Crippen LogP contribution in [0.2, 0.25) is 0 Å².